The summed E-state index contributed by atoms with van der Waals surface area (Å²) in [4.78, 5) is 25.4. The quantitative estimate of drug-likeness (QED) is 0.827. The summed E-state index contributed by atoms with van der Waals surface area (Å²) in [6.45, 7) is 8.28. The number of nitrogens with zero attached hydrogens (tertiary/aromatic N) is 1. The van der Waals surface area contributed by atoms with Gasteiger partial charge in [-0.2, -0.15) is 0 Å². The number of nitrogens with one attached hydrogen (secondary N) is 1. The molecule has 1 aliphatic rings. The summed E-state index contributed by atoms with van der Waals surface area (Å²) >= 11 is 0. The van der Waals surface area contributed by atoms with Crippen LogP contribution in [0, 0.1) is 0 Å². The minimum atomic E-state index is -0.606. The molecule has 1 saturated heterocycles. The molecule has 0 aromatic heterocycles. The second-order valence-corrected chi connectivity index (χ2v) is 6.70. The molecule has 1 aliphatic heterocycles. The molecule has 0 aromatic carbocycles. The van der Waals surface area contributed by atoms with E-state index in [1.54, 1.807) is 4.90 Å². The first-order valence-electron chi connectivity index (χ1n) is 7.61. The van der Waals surface area contributed by atoms with Gasteiger partial charge in [0.2, 0.25) is 5.91 Å². The maximum Gasteiger partial charge on any atom is 0.410 e. The highest BCUT2D eigenvalue weighted by molar-refractivity contribution is 5.76. The molecule has 0 unspecified atom stereocenters. The van der Waals surface area contributed by atoms with Gasteiger partial charge in [-0.25, -0.2) is 4.79 Å². The van der Waals surface area contributed by atoms with Gasteiger partial charge in [0.05, 0.1) is 12.1 Å². The predicted molar refractivity (Wildman–Crippen MR) is 79.9 cm³/mol. The molecule has 1 heterocycles. The fourth-order valence-corrected chi connectivity index (χ4v) is 2.35. The molecule has 21 heavy (non-hydrogen) atoms. The average molecular weight is 300 g/mol. The minimum Gasteiger partial charge on any atom is -0.444 e. The molecular weight excluding hydrogens is 272 g/mol. The predicted octanol–water partition coefficient (Wildman–Crippen LogP) is 1.66. The van der Waals surface area contributed by atoms with Gasteiger partial charge < -0.3 is 20.1 Å². The van der Waals surface area contributed by atoms with Gasteiger partial charge >= 0.3 is 6.09 Å². The fourth-order valence-electron chi connectivity index (χ4n) is 2.35. The minimum absolute atomic E-state index is 0.0442. The van der Waals surface area contributed by atoms with Crippen LogP contribution < -0.4 is 5.32 Å². The van der Waals surface area contributed by atoms with Gasteiger partial charge in [-0.15, -0.1) is 0 Å². The van der Waals surface area contributed by atoms with E-state index in [1.165, 1.54) is 0 Å². The van der Waals surface area contributed by atoms with Gasteiger partial charge in [-0.05, 0) is 40.0 Å². The Morgan fingerprint density at radius 1 is 1.29 bits per heavy atom. The number of ether oxygens (including phenoxy) is 1. The van der Waals surface area contributed by atoms with Gasteiger partial charge in [0.15, 0.2) is 0 Å². The third kappa shape index (κ3) is 5.53. The van der Waals surface area contributed by atoms with E-state index in [1.807, 2.05) is 27.7 Å². The van der Waals surface area contributed by atoms with E-state index in [2.05, 4.69) is 5.32 Å². The van der Waals surface area contributed by atoms with Gasteiger partial charge in [0.25, 0.3) is 0 Å². The Balaban J connectivity index is 2.55. The largest absolute Gasteiger partial charge is 0.444 e. The van der Waals surface area contributed by atoms with Crippen LogP contribution in [0.15, 0.2) is 0 Å². The van der Waals surface area contributed by atoms with E-state index in [9.17, 15) is 14.7 Å². The lowest BCUT2D eigenvalue weighted by Gasteiger charge is -2.41. The standard InChI is InChI=1S/C15H28N2O4/c1-5-6-12(19)16-15(11-18)7-9-17(10-8-15)13(20)21-14(2,3)4/h18H,5-11H2,1-4H3,(H,16,19). The molecule has 0 aliphatic carbocycles. The lowest BCUT2D eigenvalue weighted by molar-refractivity contribution is -0.124. The topological polar surface area (TPSA) is 78.9 Å². The summed E-state index contributed by atoms with van der Waals surface area (Å²) in [5.74, 6) is -0.0442. The number of hydrogen-bond acceptors (Lipinski definition) is 4. The van der Waals surface area contributed by atoms with Crippen LogP contribution in [0.5, 0.6) is 0 Å². The molecule has 0 saturated carbocycles. The van der Waals surface area contributed by atoms with Crippen LogP contribution in [-0.2, 0) is 9.53 Å². The van der Waals surface area contributed by atoms with Crippen molar-refractivity contribution in [2.24, 2.45) is 0 Å². The van der Waals surface area contributed by atoms with Gasteiger partial charge in [-0.1, -0.05) is 6.92 Å². The number of piperidine rings is 1. The van der Waals surface area contributed by atoms with Gasteiger partial charge in [0, 0.05) is 19.5 Å². The molecule has 0 aromatic rings. The first-order chi connectivity index (χ1) is 9.71. The first kappa shape index (κ1) is 17.8. The van der Waals surface area contributed by atoms with Crippen LogP contribution >= 0.6 is 0 Å². The Kier molecular flexibility index (Phi) is 6.01. The van der Waals surface area contributed by atoms with Crippen molar-refractivity contribution in [3.8, 4) is 0 Å². The van der Waals surface area contributed by atoms with Crippen molar-refractivity contribution in [2.75, 3.05) is 19.7 Å². The average Bonchev–Trinajstić information content (AvgIpc) is 2.37. The summed E-state index contributed by atoms with van der Waals surface area (Å²) in [5, 5.41) is 12.5. The van der Waals surface area contributed by atoms with Gasteiger partial charge in [0.1, 0.15) is 5.60 Å². The van der Waals surface area contributed by atoms with Crippen molar-refractivity contribution in [1.82, 2.24) is 10.2 Å². The number of carbonyl (C=O) groups excluding carboxylic acids is 2. The van der Waals surface area contributed by atoms with Crippen molar-refractivity contribution in [3.05, 3.63) is 0 Å². The number of likely N-dealkylation sites (tertiary alicyclic amines) is 1. The van der Waals surface area contributed by atoms with Crippen LogP contribution in [-0.4, -0.2) is 52.8 Å². The molecule has 122 valence electrons. The highest BCUT2D eigenvalue weighted by Crippen LogP contribution is 2.23. The molecule has 1 fully saturated rings. The summed E-state index contributed by atoms with van der Waals surface area (Å²) < 4.78 is 5.34. The lowest BCUT2D eigenvalue weighted by atomic mass is 9.88. The molecule has 0 atom stereocenters. The van der Waals surface area contributed by atoms with Crippen LogP contribution in [0.3, 0.4) is 0 Å². The zero-order valence-electron chi connectivity index (χ0n) is 13.6. The maximum atomic E-state index is 12.0. The second kappa shape index (κ2) is 7.11. The summed E-state index contributed by atoms with van der Waals surface area (Å²) in [7, 11) is 0. The monoisotopic (exact) mass is 300 g/mol. The number of hydrogen-bond donors (Lipinski definition) is 2. The molecule has 1 rings (SSSR count). The summed E-state index contributed by atoms with van der Waals surface area (Å²) in [6.07, 6.45) is 1.97. The number of amides is 2. The van der Waals surface area contributed by atoms with Crippen LogP contribution in [0.25, 0.3) is 0 Å². The van der Waals surface area contributed by atoms with E-state index in [0.717, 1.165) is 6.42 Å². The molecule has 0 radical (unpaired) electrons. The Hall–Kier alpha value is -1.30. The second-order valence-electron chi connectivity index (χ2n) is 6.70. The van der Waals surface area contributed by atoms with Crippen LogP contribution in [0.1, 0.15) is 53.4 Å². The smallest absolute Gasteiger partial charge is 0.410 e. The summed E-state index contributed by atoms with van der Waals surface area (Å²) in [6, 6.07) is 0. The van der Waals surface area contributed by atoms with Crippen LogP contribution in [0.4, 0.5) is 4.79 Å². The van der Waals surface area contributed by atoms with Crippen LogP contribution in [0.2, 0.25) is 0 Å². The maximum absolute atomic E-state index is 12.0. The summed E-state index contributed by atoms with van der Waals surface area (Å²) in [5.41, 5.74) is -1.12. The molecular formula is C15H28N2O4. The van der Waals surface area contributed by atoms with Gasteiger partial charge in [-0.3, -0.25) is 4.79 Å². The molecule has 6 heteroatoms. The zero-order valence-corrected chi connectivity index (χ0v) is 13.6. The number of aliphatic hydroxyl groups is 1. The molecule has 0 bridgehead atoms. The van der Waals surface area contributed by atoms with E-state index >= 15 is 0 Å². The van der Waals surface area contributed by atoms with E-state index < -0.39 is 11.1 Å². The first-order valence-corrected chi connectivity index (χ1v) is 7.61. The Morgan fingerprint density at radius 2 is 1.86 bits per heavy atom. The lowest BCUT2D eigenvalue weighted by Crippen LogP contribution is -2.58. The molecule has 0 spiro atoms. The van der Waals surface area contributed by atoms with Crippen molar-refractivity contribution >= 4 is 12.0 Å². The molecule has 6 nitrogen and oxygen atoms in total. The fraction of sp³-hybridized carbons (Fsp3) is 0.867. The van der Waals surface area contributed by atoms with Crippen molar-refractivity contribution in [2.45, 2.75) is 64.5 Å². The third-order valence-electron chi connectivity index (χ3n) is 3.56. The third-order valence-corrected chi connectivity index (χ3v) is 3.56. The zero-order chi connectivity index (χ0) is 16.1. The Morgan fingerprint density at radius 3 is 2.29 bits per heavy atom. The Labute approximate surface area is 126 Å². The van der Waals surface area contributed by atoms with E-state index in [-0.39, 0.29) is 18.6 Å². The molecule has 2 amide bonds. The highest BCUT2D eigenvalue weighted by Gasteiger charge is 2.37. The highest BCUT2D eigenvalue weighted by atomic mass is 16.6. The van der Waals surface area contributed by atoms with Crippen molar-refractivity contribution in [1.29, 1.82) is 0 Å². The molecule has 2 N–H and O–H groups in total. The number of aliphatic hydroxyl groups excluding tert-OH is 1. The SMILES string of the molecule is CCCC(=O)NC1(CO)CCN(C(=O)OC(C)(C)C)CC1. The number of rotatable bonds is 4. The van der Waals surface area contributed by atoms with Crippen molar-refractivity contribution in [3.63, 3.8) is 0 Å². The van der Waals surface area contributed by atoms with E-state index in [4.69, 9.17) is 4.74 Å². The number of carbonyl (C=O) groups is 2. The Bertz CT molecular complexity index is 368. The normalized spacial score (nSPS) is 18.2. The van der Waals surface area contributed by atoms with E-state index in [0.29, 0.717) is 32.4 Å². The van der Waals surface area contributed by atoms with Crippen molar-refractivity contribution < 1.29 is 19.4 Å².